The number of halogens is 5. The summed E-state index contributed by atoms with van der Waals surface area (Å²) < 4.78 is 38.9. The van der Waals surface area contributed by atoms with Gasteiger partial charge in [-0.25, -0.2) is 4.98 Å². The molecule has 0 bridgehead atoms. The molecule has 0 saturated heterocycles. The molecule has 19 heavy (non-hydrogen) atoms. The highest BCUT2D eigenvalue weighted by Gasteiger charge is 2.33. The number of benzene rings is 1. The van der Waals surface area contributed by atoms with Gasteiger partial charge in [0.1, 0.15) is 5.15 Å². The molecular weight excluding hydrogens is 298 g/mol. The van der Waals surface area contributed by atoms with Crippen LogP contribution in [0.5, 0.6) is 0 Å². The Morgan fingerprint density at radius 3 is 2.47 bits per heavy atom. The van der Waals surface area contributed by atoms with Gasteiger partial charge in [-0.15, -0.1) is 0 Å². The summed E-state index contributed by atoms with van der Waals surface area (Å²) in [5, 5.41) is 0.358. The van der Waals surface area contributed by atoms with E-state index in [0.717, 1.165) is 12.5 Å². The lowest BCUT2D eigenvalue weighted by molar-refractivity contribution is -0.136. The molecule has 1 heterocycles. The minimum atomic E-state index is -4.44. The van der Waals surface area contributed by atoms with E-state index < -0.39 is 11.7 Å². The molecule has 0 fully saturated rings. The van der Waals surface area contributed by atoms with Crippen LogP contribution in [0.1, 0.15) is 24.5 Å². The lowest BCUT2D eigenvalue weighted by Gasteiger charge is -2.13. The number of rotatable bonds is 2. The van der Waals surface area contributed by atoms with Crippen LogP contribution in [-0.2, 0) is 12.6 Å². The summed E-state index contributed by atoms with van der Waals surface area (Å²) >= 11 is 11.9. The average molecular weight is 308 g/mol. The monoisotopic (exact) mass is 307 g/mol. The van der Waals surface area contributed by atoms with Gasteiger partial charge in [-0.05, 0) is 30.2 Å². The summed E-state index contributed by atoms with van der Waals surface area (Å²) in [6, 6.07) is 3.59. The first-order chi connectivity index (χ1) is 8.84. The highest BCUT2D eigenvalue weighted by atomic mass is 35.5. The third-order valence-electron chi connectivity index (χ3n) is 2.79. The zero-order chi connectivity index (χ0) is 14.2. The molecule has 2 aromatic rings. The maximum absolute atomic E-state index is 13.0. The van der Waals surface area contributed by atoms with Crippen molar-refractivity contribution in [3.05, 3.63) is 39.5 Å². The Labute approximate surface area is 118 Å². The molecular formula is C13H10Cl2F3N. The van der Waals surface area contributed by atoms with Crippen LogP contribution in [0, 0.1) is 0 Å². The summed E-state index contributed by atoms with van der Waals surface area (Å²) in [5.41, 5.74) is -0.0563. The molecule has 0 amide bonds. The van der Waals surface area contributed by atoms with E-state index in [1.54, 1.807) is 0 Å². The van der Waals surface area contributed by atoms with Gasteiger partial charge in [0, 0.05) is 5.39 Å². The molecule has 0 aliphatic heterocycles. The molecule has 2 rings (SSSR count). The predicted molar refractivity (Wildman–Crippen MR) is 70.8 cm³/mol. The van der Waals surface area contributed by atoms with Crippen LogP contribution in [0.15, 0.2) is 18.2 Å². The molecule has 0 aliphatic carbocycles. The van der Waals surface area contributed by atoms with Crippen LogP contribution in [0.25, 0.3) is 10.9 Å². The second-order valence-corrected chi connectivity index (χ2v) is 4.94. The third-order valence-corrected chi connectivity index (χ3v) is 3.42. The number of hydrogen-bond donors (Lipinski definition) is 0. The summed E-state index contributed by atoms with van der Waals surface area (Å²) in [6.45, 7) is 1.92. The first-order valence-corrected chi connectivity index (χ1v) is 6.45. The van der Waals surface area contributed by atoms with E-state index in [4.69, 9.17) is 23.2 Å². The van der Waals surface area contributed by atoms with Gasteiger partial charge in [-0.3, -0.25) is 0 Å². The maximum atomic E-state index is 13.0. The number of fused-ring (bicyclic) bond motifs is 1. The Morgan fingerprint density at radius 1 is 1.21 bits per heavy atom. The van der Waals surface area contributed by atoms with Crippen LogP contribution in [0.3, 0.4) is 0 Å². The molecule has 6 heteroatoms. The van der Waals surface area contributed by atoms with E-state index in [1.807, 2.05) is 6.92 Å². The summed E-state index contributed by atoms with van der Waals surface area (Å²) in [4.78, 5) is 4.00. The molecule has 0 aliphatic rings. The number of nitrogens with zero attached hydrogens (tertiary/aromatic N) is 1. The standard InChI is InChI=1S/C13H10Cl2F3N/c1-2-3-7-6-8-9(13(16,17)18)4-5-10(14)11(8)19-12(7)15/h4-6H,2-3H2,1H3. The van der Waals surface area contributed by atoms with Crippen LogP contribution >= 0.6 is 23.2 Å². The zero-order valence-corrected chi connectivity index (χ0v) is 11.5. The van der Waals surface area contributed by atoms with Gasteiger partial charge in [0.05, 0.1) is 16.1 Å². The Balaban J connectivity index is 2.79. The number of hydrogen-bond acceptors (Lipinski definition) is 1. The summed E-state index contributed by atoms with van der Waals surface area (Å²) in [6.07, 6.45) is -3.09. The normalized spacial score (nSPS) is 12.1. The highest BCUT2D eigenvalue weighted by molar-refractivity contribution is 6.36. The number of aryl methyl sites for hydroxylation is 1. The Morgan fingerprint density at radius 2 is 1.89 bits per heavy atom. The lowest BCUT2D eigenvalue weighted by Crippen LogP contribution is -2.06. The second kappa shape index (κ2) is 5.17. The maximum Gasteiger partial charge on any atom is 0.417 e. The topological polar surface area (TPSA) is 12.9 Å². The van der Waals surface area contributed by atoms with Crippen LogP contribution in [0.4, 0.5) is 13.2 Å². The molecule has 0 spiro atoms. The van der Waals surface area contributed by atoms with Crippen molar-refractivity contribution in [3.8, 4) is 0 Å². The van der Waals surface area contributed by atoms with Crippen molar-refractivity contribution >= 4 is 34.1 Å². The van der Waals surface area contributed by atoms with Gasteiger partial charge in [0.15, 0.2) is 0 Å². The minimum Gasteiger partial charge on any atom is -0.234 e. The van der Waals surface area contributed by atoms with Crippen molar-refractivity contribution in [3.63, 3.8) is 0 Å². The molecule has 0 saturated carbocycles. The predicted octanol–water partition coefficient (Wildman–Crippen LogP) is 5.51. The van der Waals surface area contributed by atoms with E-state index in [1.165, 1.54) is 12.1 Å². The molecule has 0 unspecified atom stereocenters. The largest absolute Gasteiger partial charge is 0.417 e. The van der Waals surface area contributed by atoms with E-state index in [-0.39, 0.29) is 21.1 Å². The average Bonchev–Trinajstić information content (AvgIpc) is 2.30. The van der Waals surface area contributed by atoms with Crippen molar-refractivity contribution in [1.82, 2.24) is 4.98 Å². The summed E-state index contributed by atoms with van der Waals surface area (Å²) in [7, 11) is 0. The fourth-order valence-corrected chi connectivity index (χ4v) is 2.38. The van der Waals surface area contributed by atoms with E-state index in [2.05, 4.69) is 4.98 Å². The summed E-state index contributed by atoms with van der Waals surface area (Å²) in [5.74, 6) is 0. The highest BCUT2D eigenvalue weighted by Crippen LogP contribution is 2.38. The molecule has 0 radical (unpaired) electrons. The Hall–Kier alpha value is -1.00. The quantitative estimate of drug-likeness (QED) is 0.666. The first-order valence-electron chi connectivity index (χ1n) is 5.69. The van der Waals surface area contributed by atoms with Crippen molar-refractivity contribution in [2.24, 2.45) is 0 Å². The van der Waals surface area contributed by atoms with E-state index in [0.29, 0.717) is 12.0 Å². The first kappa shape index (κ1) is 14.4. The minimum absolute atomic E-state index is 0.00662. The molecule has 1 nitrogen and oxygen atoms in total. The van der Waals surface area contributed by atoms with Crippen molar-refractivity contribution in [2.75, 3.05) is 0 Å². The van der Waals surface area contributed by atoms with Gasteiger partial charge in [-0.2, -0.15) is 13.2 Å². The fourth-order valence-electron chi connectivity index (χ4n) is 1.94. The SMILES string of the molecule is CCCc1cc2c(C(F)(F)F)ccc(Cl)c2nc1Cl. The van der Waals surface area contributed by atoms with Gasteiger partial charge >= 0.3 is 6.18 Å². The Kier molecular flexibility index (Phi) is 3.92. The molecule has 1 aromatic heterocycles. The van der Waals surface area contributed by atoms with Gasteiger partial charge < -0.3 is 0 Å². The Bertz CT molecular complexity index is 623. The molecule has 0 N–H and O–H groups in total. The molecule has 102 valence electrons. The van der Waals surface area contributed by atoms with Crippen LogP contribution < -0.4 is 0 Å². The zero-order valence-electron chi connectivity index (χ0n) is 9.98. The molecule has 0 atom stereocenters. The van der Waals surface area contributed by atoms with Crippen molar-refractivity contribution in [1.29, 1.82) is 0 Å². The smallest absolute Gasteiger partial charge is 0.234 e. The lowest BCUT2D eigenvalue weighted by atomic mass is 10.0. The fraction of sp³-hybridized carbons (Fsp3) is 0.308. The number of pyridine rings is 1. The van der Waals surface area contributed by atoms with Crippen molar-refractivity contribution < 1.29 is 13.2 Å². The number of aromatic nitrogens is 1. The van der Waals surface area contributed by atoms with Crippen molar-refractivity contribution in [2.45, 2.75) is 25.9 Å². The third kappa shape index (κ3) is 2.79. The van der Waals surface area contributed by atoms with Gasteiger partial charge in [0.25, 0.3) is 0 Å². The van der Waals surface area contributed by atoms with Gasteiger partial charge in [-0.1, -0.05) is 36.5 Å². The second-order valence-electron chi connectivity index (χ2n) is 4.18. The van der Waals surface area contributed by atoms with E-state index in [9.17, 15) is 13.2 Å². The van der Waals surface area contributed by atoms with E-state index >= 15 is 0 Å². The van der Waals surface area contributed by atoms with Crippen LogP contribution in [0.2, 0.25) is 10.2 Å². The number of alkyl halides is 3. The van der Waals surface area contributed by atoms with Crippen LogP contribution in [-0.4, -0.2) is 4.98 Å². The van der Waals surface area contributed by atoms with Gasteiger partial charge in [0.2, 0.25) is 0 Å². The molecule has 1 aromatic carbocycles.